The summed E-state index contributed by atoms with van der Waals surface area (Å²) in [5.41, 5.74) is 0. The Morgan fingerprint density at radius 2 is 1.94 bits per heavy atom. The Morgan fingerprint density at radius 1 is 1.35 bits per heavy atom. The fraction of sp³-hybridized carbons (Fsp3) is 0.778. The van der Waals surface area contributed by atoms with Gasteiger partial charge in [-0.1, -0.05) is 6.92 Å². The van der Waals surface area contributed by atoms with Gasteiger partial charge in [-0.25, -0.2) is 4.79 Å². The number of methoxy groups -OCH3 is 1. The van der Waals surface area contributed by atoms with Gasteiger partial charge in [-0.3, -0.25) is 4.79 Å². The van der Waals surface area contributed by atoms with Gasteiger partial charge in [0.05, 0.1) is 20.2 Å². The minimum absolute atomic E-state index is 0.303. The van der Waals surface area contributed by atoms with Crippen molar-refractivity contribution >= 4 is 11.9 Å². The maximum Gasteiger partial charge on any atom is 0.401 e. The van der Waals surface area contributed by atoms with Gasteiger partial charge in [-0.2, -0.15) is 13.2 Å². The van der Waals surface area contributed by atoms with Crippen molar-refractivity contribution in [1.29, 1.82) is 0 Å². The van der Waals surface area contributed by atoms with Crippen LogP contribution in [0.5, 0.6) is 0 Å². The van der Waals surface area contributed by atoms with Crippen LogP contribution < -0.4 is 10.6 Å². The second-order valence-corrected chi connectivity index (χ2v) is 3.27. The second kappa shape index (κ2) is 7.10. The zero-order valence-electron chi connectivity index (χ0n) is 9.56. The molecule has 2 N–H and O–H groups in total. The molecule has 0 bridgehead atoms. The van der Waals surface area contributed by atoms with Crippen molar-refractivity contribution in [2.45, 2.75) is 25.6 Å². The third-order valence-corrected chi connectivity index (χ3v) is 1.84. The molecule has 1 amide bonds. The molecule has 17 heavy (non-hydrogen) atoms. The van der Waals surface area contributed by atoms with Crippen molar-refractivity contribution < 1.29 is 27.5 Å². The standard InChI is InChI=1S/C9H15F3N2O3/c1-3-6(8(16)17-2)14-7(15)4-13-5-9(10,11)12/h6,13H,3-5H2,1-2H3,(H,14,15). The number of halogens is 3. The summed E-state index contributed by atoms with van der Waals surface area (Å²) in [4.78, 5) is 22.2. The zero-order valence-corrected chi connectivity index (χ0v) is 9.56. The number of esters is 1. The average molecular weight is 256 g/mol. The van der Waals surface area contributed by atoms with E-state index >= 15 is 0 Å². The van der Waals surface area contributed by atoms with Crippen molar-refractivity contribution in [2.75, 3.05) is 20.2 Å². The summed E-state index contributed by atoms with van der Waals surface area (Å²) in [6.45, 7) is -0.118. The van der Waals surface area contributed by atoms with Crippen molar-refractivity contribution in [3.8, 4) is 0 Å². The van der Waals surface area contributed by atoms with E-state index in [9.17, 15) is 22.8 Å². The Hall–Kier alpha value is -1.31. The second-order valence-electron chi connectivity index (χ2n) is 3.27. The molecule has 100 valence electrons. The van der Waals surface area contributed by atoms with Crippen LogP contribution in [0.4, 0.5) is 13.2 Å². The molecule has 0 aromatic rings. The van der Waals surface area contributed by atoms with Gasteiger partial charge in [0.1, 0.15) is 6.04 Å². The van der Waals surface area contributed by atoms with E-state index in [2.05, 4.69) is 10.1 Å². The number of carbonyl (C=O) groups excluding carboxylic acids is 2. The van der Waals surface area contributed by atoms with E-state index in [1.807, 2.05) is 5.32 Å². The van der Waals surface area contributed by atoms with Gasteiger partial charge in [-0.15, -0.1) is 0 Å². The number of ether oxygens (including phenoxy) is 1. The van der Waals surface area contributed by atoms with Crippen molar-refractivity contribution in [3.63, 3.8) is 0 Å². The third kappa shape index (κ3) is 7.56. The summed E-state index contributed by atoms with van der Waals surface area (Å²) in [6.07, 6.45) is -4.07. The summed E-state index contributed by atoms with van der Waals surface area (Å²) < 4.78 is 39.7. The van der Waals surface area contributed by atoms with E-state index in [4.69, 9.17) is 0 Å². The predicted molar refractivity (Wildman–Crippen MR) is 53.2 cm³/mol. The number of carbonyl (C=O) groups is 2. The molecule has 8 heteroatoms. The smallest absolute Gasteiger partial charge is 0.401 e. The number of amides is 1. The van der Waals surface area contributed by atoms with E-state index in [0.29, 0.717) is 6.42 Å². The number of alkyl halides is 3. The first-order chi connectivity index (χ1) is 7.80. The van der Waals surface area contributed by atoms with Crippen LogP contribution in [0.25, 0.3) is 0 Å². The van der Waals surface area contributed by atoms with Crippen molar-refractivity contribution in [2.24, 2.45) is 0 Å². The molecule has 0 heterocycles. The molecule has 0 fully saturated rings. The van der Waals surface area contributed by atoms with E-state index in [1.54, 1.807) is 6.92 Å². The van der Waals surface area contributed by atoms with Crippen LogP contribution in [-0.4, -0.2) is 44.3 Å². The summed E-state index contributed by atoms with van der Waals surface area (Å²) in [6, 6.07) is -0.833. The number of hydrogen-bond acceptors (Lipinski definition) is 4. The van der Waals surface area contributed by atoms with Gasteiger partial charge in [0.2, 0.25) is 5.91 Å². The molecule has 0 aliphatic heterocycles. The minimum atomic E-state index is -4.37. The van der Waals surface area contributed by atoms with Crippen LogP contribution in [0, 0.1) is 0 Å². The van der Waals surface area contributed by atoms with Gasteiger partial charge >= 0.3 is 12.1 Å². The molecular formula is C9H15F3N2O3. The first kappa shape index (κ1) is 15.7. The van der Waals surface area contributed by atoms with Crippen LogP contribution in [0.15, 0.2) is 0 Å². The highest BCUT2D eigenvalue weighted by molar-refractivity contribution is 5.85. The molecule has 0 spiro atoms. The zero-order chi connectivity index (χ0) is 13.5. The average Bonchev–Trinajstić information content (AvgIpc) is 2.23. The van der Waals surface area contributed by atoms with Gasteiger partial charge in [0.15, 0.2) is 0 Å². The summed E-state index contributed by atoms with van der Waals surface area (Å²) in [5, 5.41) is 4.18. The Morgan fingerprint density at radius 3 is 2.35 bits per heavy atom. The van der Waals surface area contributed by atoms with Gasteiger partial charge in [-0.05, 0) is 6.42 Å². The van der Waals surface area contributed by atoms with E-state index < -0.39 is 37.2 Å². The Labute approximate surface area is 96.7 Å². The molecule has 0 saturated carbocycles. The lowest BCUT2D eigenvalue weighted by Crippen LogP contribution is -2.45. The topological polar surface area (TPSA) is 67.4 Å². The molecule has 0 aromatic carbocycles. The molecule has 1 atom stereocenters. The summed E-state index contributed by atoms with van der Waals surface area (Å²) in [5.74, 6) is -1.32. The first-order valence-corrected chi connectivity index (χ1v) is 4.94. The molecule has 0 aromatic heterocycles. The maximum absolute atomic E-state index is 11.7. The minimum Gasteiger partial charge on any atom is -0.467 e. The lowest BCUT2D eigenvalue weighted by molar-refractivity contribution is -0.145. The van der Waals surface area contributed by atoms with Crippen molar-refractivity contribution in [1.82, 2.24) is 10.6 Å². The highest BCUT2D eigenvalue weighted by Gasteiger charge is 2.27. The maximum atomic E-state index is 11.7. The molecular weight excluding hydrogens is 241 g/mol. The number of nitrogens with one attached hydrogen (secondary N) is 2. The molecule has 0 rings (SSSR count). The monoisotopic (exact) mass is 256 g/mol. The Kier molecular flexibility index (Phi) is 6.55. The van der Waals surface area contributed by atoms with Crippen LogP contribution in [0.3, 0.4) is 0 Å². The van der Waals surface area contributed by atoms with Crippen LogP contribution in [0.2, 0.25) is 0 Å². The first-order valence-electron chi connectivity index (χ1n) is 4.94. The predicted octanol–water partition coefficient (Wildman–Crippen LogP) is 0.206. The molecule has 0 aliphatic rings. The van der Waals surface area contributed by atoms with Gasteiger partial charge in [0, 0.05) is 0 Å². The van der Waals surface area contributed by atoms with Crippen LogP contribution in [-0.2, 0) is 14.3 Å². The molecule has 0 aliphatic carbocycles. The quantitative estimate of drug-likeness (QED) is 0.666. The largest absolute Gasteiger partial charge is 0.467 e. The van der Waals surface area contributed by atoms with Crippen molar-refractivity contribution in [3.05, 3.63) is 0 Å². The fourth-order valence-corrected chi connectivity index (χ4v) is 1.03. The SMILES string of the molecule is CCC(NC(=O)CNCC(F)(F)F)C(=O)OC. The van der Waals surface area contributed by atoms with Gasteiger partial charge in [0.25, 0.3) is 0 Å². The summed E-state index contributed by atoms with van der Waals surface area (Å²) in [7, 11) is 1.17. The molecule has 0 saturated heterocycles. The Bertz CT molecular complexity index is 269. The molecule has 0 radical (unpaired) electrons. The van der Waals surface area contributed by atoms with E-state index in [-0.39, 0.29) is 0 Å². The molecule has 1 unspecified atom stereocenters. The van der Waals surface area contributed by atoms with Crippen LogP contribution >= 0.6 is 0 Å². The Balaban J connectivity index is 3.96. The molecule has 5 nitrogen and oxygen atoms in total. The fourth-order valence-electron chi connectivity index (χ4n) is 1.03. The number of rotatable bonds is 6. The van der Waals surface area contributed by atoms with E-state index in [0.717, 1.165) is 0 Å². The lowest BCUT2D eigenvalue weighted by atomic mass is 10.2. The van der Waals surface area contributed by atoms with E-state index in [1.165, 1.54) is 7.11 Å². The number of hydrogen-bond donors (Lipinski definition) is 2. The van der Waals surface area contributed by atoms with Crippen LogP contribution in [0.1, 0.15) is 13.3 Å². The highest BCUT2D eigenvalue weighted by atomic mass is 19.4. The highest BCUT2D eigenvalue weighted by Crippen LogP contribution is 2.11. The van der Waals surface area contributed by atoms with Gasteiger partial charge < -0.3 is 15.4 Å². The normalized spacial score (nSPS) is 13.0. The third-order valence-electron chi connectivity index (χ3n) is 1.84. The summed E-state index contributed by atoms with van der Waals surface area (Å²) >= 11 is 0. The lowest BCUT2D eigenvalue weighted by Gasteiger charge is -2.15.